The molecule has 0 aromatic heterocycles. The number of rotatable bonds is 10. The lowest BCUT2D eigenvalue weighted by molar-refractivity contribution is 0.0416. The molecule has 0 N–H and O–H groups in total. The minimum atomic E-state index is 0. The van der Waals surface area contributed by atoms with E-state index in [0.717, 1.165) is 50.6 Å². The lowest BCUT2D eigenvalue weighted by Gasteiger charge is -2.36. The second-order valence-electron chi connectivity index (χ2n) is 7.41. The molecule has 5 nitrogen and oxygen atoms in total. The van der Waals surface area contributed by atoms with E-state index in [2.05, 4.69) is 34.1 Å². The summed E-state index contributed by atoms with van der Waals surface area (Å²) in [6.45, 7) is 8.29. The number of carbonyl (C=O) groups is 1. The van der Waals surface area contributed by atoms with Crippen LogP contribution in [0.15, 0.2) is 54.6 Å². The molecule has 1 saturated heterocycles. The molecule has 1 heterocycles. The van der Waals surface area contributed by atoms with Gasteiger partial charge < -0.3 is 14.4 Å². The van der Waals surface area contributed by atoms with E-state index in [1.165, 1.54) is 5.56 Å². The Bertz CT molecular complexity index is 751. The van der Waals surface area contributed by atoms with Gasteiger partial charge in [0.25, 0.3) is 0 Å². The molecule has 0 bridgehead atoms. The van der Waals surface area contributed by atoms with Crippen molar-refractivity contribution in [2.75, 3.05) is 53.0 Å². The summed E-state index contributed by atoms with van der Waals surface area (Å²) in [6, 6.07) is 17.8. The minimum absolute atomic E-state index is 0. The molecule has 0 spiro atoms. The standard InChI is InChI=1S/C24H32N2O3.2ClH/c1-3-29-22-11-9-20(10-12-22)23(27)13-14-25-15-17-26(18-16-25)19-24(28-2)21-7-5-4-6-8-21;;/h4-12,24H,3,13-19H2,1-2H3;2*1H. The SMILES string of the molecule is CCOc1ccc(C(=O)CCN2CCN(CC(OC)c3ccccc3)CC2)cc1.Cl.Cl. The van der Waals surface area contributed by atoms with Crippen molar-refractivity contribution >= 4 is 30.6 Å². The maximum absolute atomic E-state index is 12.5. The van der Waals surface area contributed by atoms with Gasteiger partial charge in [-0.1, -0.05) is 30.3 Å². The van der Waals surface area contributed by atoms with E-state index in [1.54, 1.807) is 7.11 Å². The molecular formula is C24H34Cl2N2O3. The summed E-state index contributed by atoms with van der Waals surface area (Å²) in [5, 5.41) is 0. The predicted molar refractivity (Wildman–Crippen MR) is 130 cm³/mol. The van der Waals surface area contributed by atoms with E-state index in [0.29, 0.717) is 13.0 Å². The van der Waals surface area contributed by atoms with Gasteiger partial charge in [-0.15, -0.1) is 24.8 Å². The maximum atomic E-state index is 12.5. The Morgan fingerprint density at radius 2 is 1.55 bits per heavy atom. The van der Waals surface area contributed by atoms with Crippen LogP contribution < -0.4 is 4.74 Å². The highest BCUT2D eigenvalue weighted by Crippen LogP contribution is 2.19. The number of hydrogen-bond donors (Lipinski definition) is 0. The van der Waals surface area contributed by atoms with Crippen molar-refractivity contribution in [3.8, 4) is 5.75 Å². The van der Waals surface area contributed by atoms with E-state index in [4.69, 9.17) is 9.47 Å². The first-order valence-corrected chi connectivity index (χ1v) is 10.5. The summed E-state index contributed by atoms with van der Waals surface area (Å²) in [7, 11) is 1.78. The summed E-state index contributed by atoms with van der Waals surface area (Å²) in [5.41, 5.74) is 1.98. The molecule has 0 radical (unpaired) electrons. The lowest BCUT2D eigenvalue weighted by atomic mass is 10.1. The van der Waals surface area contributed by atoms with Crippen LogP contribution >= 0.6 is 24.8 Å². The number of benzene rings is 2. The first kappa shape index (κ1) is 27.4. The van der Waals surface area contributed by atoms with Crippen LogP contribution in [0.2, 0.25) is 0 Å². The number of ketones is 1. The quantitative estimate of drug-likeness (QED) is 0.479. The van der Waals surface area contributed by atoms with Gasteiger partial charge >= 0.3 is 0 Å². The summed E-state index contributed by atoms with van der Waals surface area (Å²) in [4.78, 5) is 17.3. The molecule has 1 unspecified atom stereocenters. The summed E-state index contributed by atoms with van der Waals surface area (Å²) in [6.07, 6.45) is 0.655. The van der Waals surface area contributed by atoms with Crippen LogP contribution in [0.3, 0.4) is 0 Å². The van der Waals surface area contributed by atoms with Gasteiger partial charge in [0.05, 0.1) is 12.7 Å². The van der Waals surface area contributed by atoms with Crippen molar-refractivity contribution < 1.29 is 14.3 Å². The number of ether oxygens (including phenoxy) is 2. The van der Waals surface area contributed by atoms with Crippen molar-refractivity contribution in [2.45, 2.75) is 19.4 Å². The third-order valence-corrected chi connectivity index (χ3v) is 5.49. The molecule has 7 heteroatoms. The van der Waals surface area contributed by atoms with Gasteiger partial charge in [-0.3, -0.25) is 9.69 Å². The monoisotopic (exact) mass is 468 g/mol. The molecule has 0 saturated carbocycles. The van der Waals surface area contributed by atoms with Crippen molar-refractivity contribution in [3.63, 3.8) is 0 Å². The zero-order valence-electron chi connectivity index (χ0n) is 18.4. The number of methoxy groups -OCH3 is 1. The number of hydrogen-bond acceptors (Lipinski definition) is 5. The highest BCUT2D eigenvalue weighted by Gasteiger charge is 2.21. The summed E-state index contributed by atoms with van der Waals surface area (Å²) in [5.74, 6) is 1.00. The molecule has 2 aromatic rings. The first-order valence-electron chi connectivity index (χ1n) is 10.5. The van der Waals surface area contributed by atoms with Crippen LogP contribution in [0.1, 0.15) is 35.4 Å². The van der Waals surface area contributed by atoms with Crippen LogP contribution in [-0.4, -0.2) is 68.6 Å². The average molecular weight is 469 g/mol. The Balaban J connectivity index is 0.00000240. The van der Waals surface area contributed by atoms with Gasteiger partial charge in [0.2, 0.25) is 0 Å². The van der Waals surface area contributed by atoms with Gasteiger partial charge in [0.1, 0.15) is 5.75 Å². The summed E-state index contributed by atoms with van der Waals surface area (Å²) < 4.78 is 11.1. The molecule has 172 valence electrons. The molecule has 3 rings (SSSR count). The smallest absolute Gasteiger partial charge is 0.164 e. The van der Waals surface area contributed by atoms with E-state index in [9.17, 15) is 4.79 Å². The zero-order chi connectivity index (χ0) is 20.5. The van der Waals surface area contributed by atoms with Crippen LogP contribution in [-0.2, 0) is 4.74 Å². The highest BCUT2D eigenvalue weighted by atomic mass is 35.5. The Morgan fingerprint density at radius 1 is 0.935 bits per heavy atom. The molecule has 0 aliphatic carbocycles. The second-order valence-corrected chi connectivity index (χ2v) is 7.41. The largest absolute Gasteiger partial charge is 0.494 e. The van der Waals surface area contributed by atoms with Gasteiger partial charge in [0, 0.05) is 58.4 Å². The van der Waals surface area contributed by atoms with E-state index < -0.39 is 0 Å². The molecule has 31 heavy (non-hydrogen) atoms. The molecule has 1 atom stereocenters. The van der Waals surface area contributed by atoms with Gasteiger partial charge in [0.15, 0.2) is 5.78 Å². The lowest BCUT2D eigenvalue weighted by Crippen LogP contribution is -2.48. The van der Waals surface area contributed by atoms with E-state index >= 15 is 0 Å². The third-order valence-electron chi connectivity index (χ3n) is 5.49. The average Bonchev–Trinajstić information content (AvgIpc) is 2.78. The van der Waals surface area contributed by atoms with Crippen LogP contribution in [0, 0.1) is 0 Å². The second kappa shape index (κ2) is 14.4. The predicted octanol–water partition coefficient (Wildman–Crippen LogP) is 4.51. The Morgan fingerprint density at radius 3 is 2.13 bits per heavy atom. The topological polar surface area (TPSA) is 42.0 Å². The fraction of sp³-hybridized carbons (Fsp3) is 0.458. The van der Waals surface area contributed by atoms with Crippen molar-refractivity contribution in [2.24, 2.45) is 0 Å². The summed E-state index contributed by atoms with van der Waals surface area (Å²) >= 11 is 0. The van der Waals surface area contributed by atoms with Gasteiger partial charge in [-0.2, -0.15) is 0 Å². The van der Waals surface area contributed by atoms with Crippen LogP contribution in [0.5, 0.6) is 5.75 Å². The number of nitrogens with zero attached hydrogens (tertiary/aromatic N) is 2. The molecule has 2 aromatic carbocycles. The third kappa shape index (κ3) is 8.43. The van der Waals surface area contributed by atoms with Crippen molar-refractivity contribution in [1.82, 2.24) is 9.80 Å². The van der Waals surface area contributed by atoms with Gasteiger partial charge in [-0.05, 0) is 36.8 Å². The van der Waals surface area contributed by atoms with Crippen molar-refractivity contribution in [1.29, 1.82) is 0 Å². The normalized spacial score (nSPS) is 15.4. The fourth-order valence-electron chi connectivity index (χ4n) is 3.72. The number of Topliss-reactive ketones (excluding diaryl/α,β-unsaturated/α-hetero) is 1. The highest BCUT2D eigenvalue weighted by molar-refractivity contribution is 5.96. The van der Waals surface area contributed by atoms with Crippen LogP contribution in [0.4, 0.5) is 0 Å². The Labute approximate surface area is 198 Å². The Hall–Kier alpha value is -1.63. The fourth-order valence-corrected chi connectivity index (χ4v) is 3.72. The van der Waals surface area contributed by atoms with Crippen molar-refractivity contribution in [3.05, 3.63) is 65.7 Å². The van der Waals surface area contributed by atoms with E-state index in [-0.39, 0.29) is 36.7 Å². The molecule has 0 amide bonds. The Kier molecular flexibility index (Phi) is 12.8. The minimum Gasteiger partial charge on any atom is -0.494 e. The number of halogens is 2. The van der Waals surface area contributed by atoms with Gasteiger partial charge in [-0.25, -0.2) is 0 Å². The van der Waals surface area contributed by atoms with E-state index in [1.807, 2.05) is 37.3 Å². The number of piperazine rings is 1. The zero-order valence-corrected chi connectivity index (χ0v) is 20.0. The molecular weight excluding hydrogens is 435 g/mol. The van der Waals surface area contributed by atoms with Crippen LogP contribution in [0.25, 0.3) is 0 Å². The first-order chi connectivity index (χ1) is 14.2. The molecule has 1 aliphatic rings. The molecule has 1 fully saturated rings. The molecule has 1 aliphatic heterocycles. The maximum Gasteiger partial charge on any atom is 0.164 e. The number of carbonyl (C=O) groups excluding carboxylic acids is 1.